The molecule has 0 atom stereocenters. The molecule has 0 saturated heterocycles. The Morgan fingerprint density at radius 3 is 2.67 bits per heavy atom. The van der Waals surface area contributed by atoms with E-state index in [0.29, 0.717) is 24.7 Å². The van der Waals surface area contributed by atoms with Crippen LogP contribution in [0.15, 0.2) is 18.2 Å². The standard InChI is InChI=1S/C14H21NO3/c1-4-6-9-15(16)11-12-7-8-13(17-3)14(10-12)18-5-2/h7-8,10-11H,4-6,9H2,1-3H3. The SMILES string of the molecule is CCCC[N+]([O-])=Cc1ccc(OC)c(OCC)c1. The highest BCUT2D eigenvalue weighted by Crippen LogP contribution is 2.27. The third-order valence-corrected chi connectivity index (χ3v) is 2.51. The molecular weight excluding hydrogens is 230 g/mol. The third kappa shape index (κ3) is 4.28. The van der Waals surface area contributed by atoms with Gasteiger partial charge in [0.15, 0.2) is 24.3 Å². The van der Waals surface area contributed by atoms with Crippen LogP contribution in [0.5, 0.6) is 11.5 Å². The molecule has 18 heavy (non-hydrogen) atoms. The molecule has 0 unspecified atom stereocenters. The highest BCUT2D eigenvalue weighted by molar-refractivity contribution is 5.77. The smallest absolute Gasteiger partial charge is 0.181 e. The van der Waals surface area contributed by atoms with E-state index in [1.807, 2.05) is 25.1 Å². The summed E-state index contributed by atoms with van der Waals surface area (Å²) in [7, 11) is 1.60. The maximum Gasteiger partial charge on any atom is 0.181 e. The topological polar surface area (TPSA) is 44.5 Å². The molecule has 4 nitrogen and oxygen atoms in total. The molecule has 0 bridgehead atoms. The molecule has 1 rings (SSSR count). The first-order valence-electron chi connectivity index (χ1n) is 6.30. The van der Waals surface area contributed by atoms with Gasteiger partial charge in [0.05, 0.1) is 13.7 Å². The molecule has 4 heteroatoms. The van der Waals surface area contributed by atoms with Gasteiger partial charge in [-0.3, -0.25) is 0 Å². The quantitative estimate of drug-likeness (QED) is 0.324. The maximum absolute atomic E-state index is 11.6. The number of nitrogens with zero attached hydrogens (tertiary/aromatic N) is 1. The average molecular weight is 251 g/mol. The predicted molar refractivity (Wildman–Crippen MR) is 72.7 cm³/mol. The molecule has 0 amide bonds. The first-order chi connectivity index (χ1) is 8.71. The van der Waals surface area contributed by atoms with Gasteiger partial charge in [0.25, 0.3) is 0 Å². The van der Waals surface area contributed by atoms with Crippen LogP contribution in [0.4, 0.5) is 0 Å². The van der Waals surface area contributed by atoms with E-state index in [2.05, 4.69) is 6.92 Å². The largest absolute Gasteiger partial charge is 0.624 e. The van der Waals surface area contributed by atoms with Gasteiger partial charge in [0.2, 0.25) is 0 Å². The Balaban J connectivity index is 2.86. The summed E-state index contributed by atoms with van der Waals surface area (Å²) in [5, 5.41) is 11.6. The minimum Gasteiger partial charge on any atom is -0.624 e. The lowest BCUT2D eigenvalue weighted by Gasteiger charge is -2.09. The van der Waals surface area contributed by atoms with Crippen molar-refractivity contribution in [3.05, 3.63) is 29.0 Å². The normalized spacial score (nSPS) is 11.4. The van der Waals surface area contributed by atoms with Gasteiger partial charge >= 0.3 is 0 Å². The summed E-state index contributed by atoms with van der Waals surface area (Å²) in [5.74, 6) is 1.35. The second-order valence-electron chi connectivity index (χ2n) is 3.97. The molecule has 0 aromatic heterocycles. The van der Waals surface area contributed by atoms with E-state index in [-0.39, 0.29) is 0 Å². The van der Waals surface area contributed by atoms with Crippen molar-refractivity contribution >= 4 is 6.21 Å². The van der Waals surface area contributed by atoms with Gasteiger partial charge in [0, 0.05) is 12.0 Å². The number of hydrogen-bond donors (Lipinski definition) is 0. The van der Waals surface area contributed by atoms with Crippen LogP contribution in [0.3, 0.4) is 0 Å². The molecule has 0 spiro atoms. The summed E-state index contributed by atoms with van der Waals surface area (Å²) in [5.41, 5.74) is 0.824. The lowest BCUT2D eigenvalue weighted by atomic mass is 10.2. The zero-order valence-electron chi connectivity index (χ0n) is 11.3. The van der Waals surface area contributed by atoms with Crippen LogP contribution in [0.25, 0.3) is 0 Å². The summed E-state index contributed by atoms with van der Waals surface area (Å²) in [6, 6.07) is 5.47. The number of methoxy groups -OCH3 is 1. The maximum atomic E-state index is 11.6. The molecule has 0 fully saturated rings. The summed E-state index contributed by atoms with van der Waals surface area (Å²) in [6.07, 6.45) is 3.49. The first kappa shape index (κ1) is 14.4. The molecular formula is C14H21NO3. The zero-order valence-corrected chi connectivity index (χ0v) is 11.3. The Morgan fingerprint density at radius 1 is 1.28 bits per heavy atom. The van der Waals surface area contributed by atoms with Crippen molar-refractivity contribution in [2.45, 2.75) is 26.7 Å². The number of hydroxylamine groups is 1. The second kappa shape index (κ2) is 7.58. The van der Waals surface area contributed by atoms with Crippen molar-refractivity contribution in [1.29, 1.82) is 0 Å². The molecule has 0 aliphatic rings. The highest BCUT2D eigenvalue weighted by Gasteiger charge is 2.06. The Morgan fingerprint density at radius 2 is 2.06 bits per heavy atom. The molecule has 0 aliphatic heterocycles. The van der Waals surface area contributed by atoms with Crippen molar-refractivity contribution in [2.75, 3.05) is 20.3 Å². The average Bonchev–Trinajstić information content (AvgIpc) is 2.37. The molecule has 1 aromatic carbocycles. The Kier molecular flexibility index (Phi) is 6.05. The van der Waals surface area contributed by atoms with E-state index in [9.17, 15) is 5.21 Å². The fourth-order valence-electron chi connectivity index (χ4n) is 1.59. The Bertz CT molecular complexity index is 402. The number of hydrogen-bond acceptors (Lipinski definition) is 3. The fraction of sp³-hybridized carbons (Fsp3) is 0.500. The van der Waals surface area contributed by atoms with Crippen LogP contribution in [-0.4, -0.2) is 31.2 Å². The van der Waals surface area contributed by atoms with E-state index in [0.717, 1.165) is 23.1 Å². The molecule has 0 aliphatic carbocycles. The van der Waals surface area contributed by atoms with Crippen molar-refractivity contribution in [1.82, 2.24) is 0 Å². The predicted octanol–water partition coefficient (Wildman–Crippen LogP) is 2.82. The van der Waals surface area contributed by atoms with Gasteiger partial charge < -0.3 is 14.7 Å². The van der Waals surface area contributed by atoms with Gasteiger partial charge in [-0.25, -0.2) is 4.74 Å². The Labute approximate surface area is 108 Å². The number of unbranched alkanes of at least 4 members (excludes halogenated alkanes) is 1. The van der Waals surface area contributed by atoms with Crippen LogP contribution < -0.4 is 9.47 Å². The number of ether oxygens (including phenoxy) is 2. The zero-order chi connectivity index (χ0) is 13.4. The van der Waals surface area contributed by atoms with Crippen molar-refractivity contribution in [2.24, 2.45) is 0 Å². The molecule has 1 aromatic rings. The fourth-order valence-corrected chi connectivity index (χ4v) is 1.59. The summed E-state index contributed by atoms with van der Waals surface area (Å²) in [4.78, 5) is 0. The summed E-state index contributed by atoms with van der Waals surface area (Å²) in [6.45, 7) is 5.06. The van der Waals surface area contributed by atoms with Crippen LogP contribution in [0, 0.1) is 5.21 Å². The molecule has 0 heterocycles. The van der Waals surface area contributed by atoms with Gasteiger partial charge in [-0.2, -0.15) is 0 Å². The van der Waals surface area contributed by atoms with Gasteiger partial charge in [-0.15, -0.1) is 0 Å². The van der Waals surface area contributed by atoms with Crippen molar-refractivity contribution in [3.8, 4) is 11.5 Å². The highest BCUT2D eigenvalue weighted by atomic mass is 16.5. The van der Waals surface area contributed by atoms with Crippen LogP contribution >= 0.6 is 0 Å². The monoisotopic (exact) mass is 251 g/mol. The van der Waals surface area contributed by atoms with Gasteiger partial charge in [-0.1, -0.05) is 13.3 Å². The molecule has 0 radical (unpaired) electrons. The molecule has 0 saturated carbocycles. The van der Waals surface area contributed by atoms with E-state index in [4.69, 9.17) is 9.47 Å². The summed E-state index contributed by atoms with van der Waals surface area (Å²) >= 11 is 0. The third-order valence-electron chi connectivity index (χ3n) is 2.51. The Hall–Kier alpha value is -1.71. The van der Waals surface area contributed by atoms with Crippen LogP contribution in [0.1, 0.15) is 32.3 Å². The lowest BCUT2D eigenvalue weighted by molar-refractivity contribution is -0.452. The van der Waals surface area contributed by atoms with Gasteiger partial charge in [0.1, 0.15) is 0 Å². The molecule has 100 valence electrons. The van der Waals surface area contributed by atoms with E-state index in [1.54, 1.807) is 13.3 Å². The minimum atomic E-state index is 0.520. The summed E-state index contributed by atoms with van der Waals surface area (Å²) < 4.78 is 11.6. The minimum absolute atomic E-state index is 0.520. The first-order valence-corrected chi connectivity index (χ1v) is 6.30. The molecule has 0 N–H and O–H groups in total. The van der Waals surface area contributed by atoms with Crippen molar-refractivity contribution < 1.29 is 14.2 Å². The number of rotatable bonds is 7. The second-order valence-corrected chi connectivity index (χ2v) is 3.97. The van der Waals surface area contributed by atoms with E-state index < -0.39 is 0 Å². The van der Waals surface area contributed by atoms with Crippen molar-refractivity contribution in [3.63, 3.8) is 0 Å². The van der Waals surface area contributed by atoms with Gasteiger partial charge in [-0.05, 0) is 25.1 Å². The van der Waals surface area contributed by atoms with E-state index >= 15 is 0 Å². The lowest BCUT2D eigenvalue weighted by Crippen LogP contribution is -2.07. The number of benzene rings is 1. The van der Waals surface area contributed by atoms with Crippen LogP contribution in [0.2, 0.25) is 0 Å². The van der Waals surface area contributed by atoms with E-state index in [1.165, 1.54) is 0 Å². The van der Waals surface area contributed by atoms with Crippen LogP contribution in [-0.2, 0) is 0 Å².